The highest BCUT2D eigenvalue weighted by Crippen LogP contribution is 2.39. The molecule has 3 aromatic rings. The zero-order valence-electron chi connectivity index (χ0n) is 22.4. The van der Waals surface area contributed by atoms with Gasteiger partial charge < -0.3 is 25.4 Å². The van der Waals surface area contributed by atoms with E-state index < -0.39 is 11.8 Å². The number of benzene rings is 3. The third-order valence-corrected chi connectivity index (χ3v) is 6.42. The van der Waals surface area contributed by atoms with E-state index in [0.29, 0.717) is 23.8 Å². The number of halogens is 1. The van der Waals surface area contributed by atoms with Gasteiger partial charge in [0.05, 0.1) is 13.2 Å². The van der Waals surface area contributed by atoms with Gasteiger partial charge in [0.15, 0.2) is 0 Å². The normalized spacial score (nSPS) is 12.7. The molecule has 0 heterocycles. The number of anilines is 1. The summed E-state index contributed by atoms with van der Waals surface area (Å²) in [5.41, 5.74) is 4.96. The molecular weight excluding hydrogens is 514 g/mol. The predicted molar refractivity (Wildman–Crippen MR) is 158 cm³/mol. The van der Waals surface area contributed by atoms with E-state index in [1.54, 1.807) is 30.3 Å². The van der Waals surface area contributed by atoms with E-state index in [0.717, 1.165) is 17.7 Å². The molecule has 0 saturated heterocycles. The summed E-state index contributed by atoms with van der Waals surface area (Å²) in [5, 5.41) is 14.4. The molecule has 0 aromatic heterocycles. The van der Waals surface area contributed by atoms with Crippen LogP contribution in [0.25, 0.3) is 6.08 Å². The number of carbonyl (C=O) groups excluding carboxylic acids is 2. The zero-order chi connectivity index (χ0) is 26.9. The smallest absolute Gasteiger partial charge is 0.267 e. The summed E-state index contributed by atoms with van der Waals surface area (Å²) in [6, 6.07) is 23.2. The first kappa shape index (κ1) is 29.7. The van der Waals surface area contributed by atoms with Gasteiger partial charge >= 0.3 is 0 Å². The van der Waals surface area contributed by atoms with E-state index in [2.05, 4.69) is 51.9 Å². The minimum Gasteiger partial charge on any atom is -0.493 e. The van der Waals surface area contributed by atoms with E-state index >= 15 is 0 Å². The van der Waals surface area contributed by atoms with E-state index in [-0.39, 0.29) is 31.3 Å². The number of hydrogen-bond donors (Lipinski definition) is 3. The minimum absolute atomic E-state index is 0. The number of nitrogens with zero attached hydrogens (tertiary/aromatic N) is 1. The second-order valence-electron chi connectivity index (χ2n) is 9.62. The Morgan fingerprint density at radius 2 is 1.64 bits per heavy atom. The predicted octanol–water partition coefficient (Wildman–Crippen LogP) is 4.55. The topological polar surface area (TPSA) is 90.9 Å². The molecule has 1 saturated carbocycles. The fourth-order valence-corrected chi connectivity index (χ4v) is 4.02. The van der Waals surface area contributed by atoms with Gasteiger partial charge in [0.25, 0.3) is 11.8 Å². The van der Waals surface area contributed by atoms with E-state index in [1.165, 1.54) is 24.0 Å². The summed E-state index contributed by atoms with van der Waals surface area (Å²) < 4.78 is 5.85. The van der Waals surface area contributed by atoms with E-state index in [4.69, 9.17) is 9.84 Å². The van der Waals surface area contributed by atoms with Gasteiger partial charge in [-0.2, -0.15) is 0 Å². The summed E-state index contributed by atoms with van der Waals surface area (Å²) in [7, 11) is 4.02. The molecule has 1 aliphatic carbocycles. The lowest BCUT2D eigenvalue weighted by molar-refractivity contribution is -0.117. The van der Waals surface area contributed by atoms with Crippen molar-refractivity contribution in [3.8, 4) is 5.75 Å². The average Bonchev–Trinajstić information content (AvgIpc) is 3.78. The number of rotatable bonds is 12. The number of nitrogens with one attached hydrogen (secondary N) is 2. The van der Waals surface area contributed by atoms with Gasteiger partial charge in [-0.1, -0.05) is 36.4 Å². The van der Waals surface area contributed by atoms with Crippen LogP contribution in [-0.4, -0.2) is 50.8 Å². The summed E-state index contributed by atoms with van der Waals surface area (Å²) in [6.45, 7) is 0.425. The van der Waals surface area contributed by atoms with Crippen molar-refractivity contribution in [2.24, 2.45) is 0 Å². The van der Waals surface area contributed by atoms with Gasteiger partial charge in [0.2, 0.25) is 0 Å². The van der Waals surface area contributed by atoms with Crippen molar-refractivity contribution in [2.75, 3.05) is 38.8 Å². The van der Waals surface area contributed by atoms with Crippen LogP contribution < -0.4 is 20.3 Å². The zero-order valence-corrected chi connectivity index (χ0v) is 23.2. The fraction of sp³-hybridized carbons (Fsp3) is 0.290. The first-order valence-electron chi connectivity index (χ1n) is 12.9. The SMILES string of the molecule is CN(C)c1ccc(CCOc2ccc(C(=O)N/C(=C/c3ccc(C4CC4)cc3)C(=O)NCCO)cc2)cc1.Cl. The van der Waals surface area contributed by atoms with Crippen LogP contribution >= 0.6 is 12.4 Å². The second kappa shape index (κ2) is 14.4. The number of aliphatic hydroxyl groups is 1. The standard InChI is InChI=1S/C31H35N3O4.ClH/c1-34(2)27-13-5-22(6-14-27)17-20-38-28-15-11-26(12-16-28)30(36)33-29(31(37)32-18-19-35)21-23-3-7-24(8-4-23)25-9-10-25;/h3-8,11-16,21,25,35H,9-10,17-20H2,1-2H3,(H,32,37)(H,33,36);1H/b29-21+;. The third-order valence-electron chi connectivity index (χ3n) is 6.42. The van der Waals surface area contributed by atoms with Crippen molar-refractivity contribution in [2.45, 2.75) is 25.2 Å². The first-order valence-corrected chi connectivity index (χ1v) is 12.9. The molecule has 0 bridgehead atoms. The third kappa shape index (κ3) is 8.87. The fourth-order valence-electron chi connectivity index (χ4n) is 4.02. The van der Waals surface area contributed by atoms with Crippen molar-refractivity contribution in [3.63, 3.8) is 0 Å². The number of ether oxygens (including phenoxy) is 1. The molecule has 4 rings (SSSR count). The lowest BCUT2D eigenvalue weighted by Crippen LogP contribution is -2.36. The maximum atomic E-state index is 12.9. The molecule has 8 heteroatoms. The molecule has 0 spiro atoms. The molecule has 3 N–H and O–H groups in total. The van der Waals surface area contributed by atoms with Crippen molar-refractivity contribution in [1.29, 1.82) is 0 Å². The molecule has 0 atom stereocenters. The summed E-state index contributed by atoms with van der Waals surface area (Å²) in [6.07, 6.45) is 4.85. The molecule has 1 aliphatic rings. The Kier molecular flexibility index (Phi) is 11.0. The molecule has 0 unspecified atom stereocenters. The van der Waals surface area contributed by atoms with Gasteiger partial charge in [-0.05, 0) is 77.9 Å². The Balaban J connectivity index is 0.00000420. The Morgan fingerprint density at radius 1 is 0.974 bits per heavy atom. The minimum atomic E-state index is -0.461. The lowest BCUT2D eigenvalue weighted by Gasteiger charge is -2.13. The van der Waals surface area contributed by atoms with Crippen LogP contribution in [0.5, 0.6) is 5.75 Å². The van der Waals surface area contributed by atoms with Gasteiger partial charge in [0, 0.05) is 38.3 Å². The summed E-state index contributed by atoms with van der Waals surface area (Å²) >= 11 is 0. The van der Waals surface area contributed by atoms with Crippen molar-refractivity contribution in [3.05, 3.63) is 101 Å². The molecule has 206 valence electrons. The Hall–Kier alpha value is -3.81. The van der Waals surface area contributed by atoms with Crippen LogP contribution in [0.3, 0.4) is 0 Å². The molecule has 3 aromatic carbocycles. The number of aliphatic hydroxyl groups excluding tert-OH is 1. The van der Waals surface area contributed by atoms with Crippen molar-refractivity contribution < 1.29 is 19.4 Å². The maximum Gasteiger partial charge on any atom is 0.267 e. The van der Waals surface area contributed by atoms with Crippen molar-refractivity contribution >= 4 is 36.0 Å². The van der Waals surface area contributed by atoms with Crippen LogP contribution in [0.4, 0.5) is 5.69 Å². The van der Waals surface area contributed by atoms with Gasteiger partial charge in [0.1, 0.15) is 11.4 Å². The molecule has 1 fully saturated rings. The van der Waals surface area contributed by atoms with Crippen LogP contribution in [0.15, 0.2) is 78.5 Å². The molecule has 0 aliphatic heterocycles. The van der Waals surface area contributed by atoms with Gasteiger partial charge in [-0.15, -0.1) is 12.4 Å². The summed E-state index contributed by atoms with van der Waals surface area (Å²) in [4.78, 5) is 27.7. The number of amides is 2. The Bertz CT molecular complexity index is 1250. The molecule has 0 radical (unpaired) electrons. The van der Waals surface area contributed by atoms with Crippen LogP contribution in [0.2, 0.25) is 0 Å². The molecule has 39 heavy (non-hydrogen) atoms. The van der Waals surface area contributed by atoms with Crippen LogP contribution in [0, 0.1) is 0 Å². The van der Waals surface area contributed by atoms with Gasteiger partial charge in [-0.3, -0.25) is 9.59 Å². The van der Waals surface area contributed by atoms with E-state index in [1.807, 2.05) is 26.2 Å². The average molecular weight is 550 g/mol. The highest BCUT2D eigenvalue weighted by molar-refractivity contribution is 6.05. The lowest BCUT2D eigenvalue weighted by atomic mass is 10.1. The quantitative estimate of drug-likeness (QED) is 0.288. The highest BCUT2D eigenvalue weighted by atomic mass is 35.5. The highest BCUT2D eigenvalue weighted by Gasteiger charge is 2.23. The number of hydrogen-bond acceptors (Lipinski definition) is 5. The van der Waals surface area contributed by atoms with Crippen molar-refractivity contribution in [1.82, 2.24) is 10.6 Å². The first-order chi connectivity index (χ1) is 18.4. The van der Waals surface area contributed by atoms with Crippen LogP contribution in [-0.2, 0) is 11.2 Å². The van der Waals surface area contributed by atoms with Crippen LogP contribution in [0.1, 0.15) is 45.8 Å². The second-order valence-corrected chi connectivity index (χ2v) is 9.62. The summed E-state index contributed by atoms with van der Waals surface area (Å²) in [5.74, 6) is 0.440. The monoisotopic (exact) mass is 549 g/mol. The van der Waals surface area contributed by atoms with E-state index in [9.17, 15) is 9.59 Å². The molecule has 7 nitrogen and oxygen atoms in total. The maximum absolute atomic E-state index is 12.9. The Labute approximate surface area is 236 Å². The largest absolute Gasteiger partial charge is 0.493 e. The van der Waals surface area contributed by atoms with Gasteiger partial charge in [-0.25, -0.2) is 0 Å². The Morgan fingerprint density at radius 3 is 2.23 bits per heavy atom. The number of carbonyl (C=O) groups is 2. The molecule has 2 amide bonds. The molecular formula is C31H36ClN3O4.